The monoisotopic (exact) mass is 816 g/mol. The predicted molar refractivity (Wildman–Crippen MR) is 195 cm³/mol. The average Bonchev–Trinajstić information content (AvgIpc) is 3.53. The van der Waals surface area contributed by atoms with Gasteiger partial charge in [0.25, 0.3) is 0 Å². The van der Waals surface area contributed by atoms with Crippen molar-refractivity contribution in [3.63, 3.8) is 0 Å². The normalized spacial score (nSPS) is 16.6. The number of furan rings is 1. The van der Waals surface area contributed by atoms with Gasteiger partial charge >= 0.3 is 0 Å². The summed E-state index contributed by atoms with van der Waals surface area (Å²) >= 11 is 0. The molecule has 0 saturated heterocycles. The molecule has 0 unspecified atom stereocenters. The van der Waals surface area contributed by atoms with Crippen molar-refractivity contribution in [1.29, 1.82) is 0 Å². The Kier molecular flexibility index (Phi) is 6.33. The van der Waals surface area contributed by atoms with Gasteiger partial charge in [0.2, 0.25) is 0 Å². The van der Waals surface area contributed by atoms with Gasteiger partial charge in [-0.25, -0.2) is 0 Å². The second-order valence-electron chi connectivity index (χ2n) is 12.8. The van der Waals surface area contributed by atoms with Crippen LogP contribution < -0.4 is 0 Å². The van der Waals surface area contributed by atoms with Crippen LogP contribution in [-0.4, -0.2) is 9.97 Å². The van der Waals surface area contributed by atoms with Crippen molar-refractivity contribution in [2.24, 2.45) is 5.41 Å². The number of aryl methyl sites for hydroxylation is 5. The van der Waals surface area contributed by atoms with Gasteiger partial charge < -0.3 is 14.4 Å². The summed E-state index contributed by atoms with van der Waals surface area (Å²) < 4.78 is 91.8. The molecule has 1 aliphatic carbocycles. The first-order valence-electron chi connectivity index (χ1n) is 21.0. The zero-order chi connectivity index (χ0) is 42.0. The van der Waals surface area contributed by atoms with E-state index in [2.05, 4.69) is 58.5 Å². The van der Waals surface area contributed by atoms with Gasteiger partial charge in [0, 0.05) is 53.0 Å². The van der Waals surface area contributed by atoms with Gasteiger partial charge in [-0.3, -0.25) is 0 Å². The van der Waals surface area contributed by atoms with E-state index in [1.54, 1.807) is 39.0 Å². The molecule has 8 rings (SSSR count). The summed E-state index contributed by atoms with van der Waals surface area (Å²) in [7, 11) is 0. The summed E-state index contributed by atoms with van der Waals surface area (Å²) in [6, 6.07) is 31.8. The van der Waals surface area contributed by atoms with Gasteiger partial charge in [-0.05, 0) is 95.2 Å². The van der Waals surface area contributed by atoms with Crippen molar-refractivity contribution in [1.82, 2.24) is 9.97 Å². The average molecular weight is 816 g/mol. The second-order valence-corrected chi connectivity index (χ2v) is 12.8. The largest absolute Gasteiger partial charge is 0.501 e. The van der Waals surface area contributed by atoms with Crippen molar-refractivity contribution in [2.75, 3.05) is 0 Å². The summed E-state index contributed by atoms with van der Waals surface area (Å²) in [5, 5.41) is 1.94. The van der Waals surface area contributed by atoms with Crippen LogP contribution in [0, 0.1) is 38.1 Å². The summed E-state index contributed by atoms with van der Waals surface area (Å²) in [5.41, 5.74) is 8.17. The van der Waals surface area contributed by atoms with E-state index in [1.165, 1.54) is 52.8 Å². The van der Waals surface area contributed by atoms with Crippen LogP contribution in [0.2, 0.25) is 0 Å². The number of hydrogen-bond donors (Lipinski definition) is 0. The fraction of sp³-hybridized carbons (Fsp3) is 0.227. The van der Waals surface area contributed by atoms with Crippen LogP contribution in [0.1, 0.15) is 69.2 Å². The Labute approximate surface area is 313 Å². The first kappa shape index (κ1) is 22.3. The molecule has 0 amide bonds. The first-order valence-corrected chi connectivity index (χ1v) is 15.5. The summed E-state index contributed by atoms with van der Waals surface area (Å²) in [4.78, 5) is 8.56. The fourth-order valence-electron chi connectivity index (χ4n) is 5.99. The second kappa shape index (κ2) is 13.6. The van der Waals surface area contributed by atoms with E-state index in [0.29, 0.717) is 28.1 Å². The Balaban J connectivity index is 0.000000236. The topological polar surface area (TPSA) is 38.9 Å². The zero-order valence-electron chi connectivity index (χ0n) is 37.8. The van der Waals surface area contributed by atoms with E-state index in [0.717, 1.165) is 29.2 Å². The molecular formula is C44H40IrN2O-2. The molecule has 243 valence electrons. The van der Waals surface area contributed by atoms with E-state index < -0.39 is 32.3 Å². The molecule has 0 saturated carbocycles. The van der Waals surface area contributed by atoms with Gasteiger partial charge in [-0.15, -0.1) is 53.6 Å². The third kappa shape index (κ3) is 6.92. The van der Waals surface area contributed by atoms with E-state index >= 15 is 0 Å². The molecule has 48 heavy (non-hydrogen) atoms. The number of hydrogen-bond acceptors (Lipinski definition) is 3. The van der Waals surface area contributed by atoms with Crippen LogP contribution in [-0.2, 0) is 39.3 Å². The molecule has 7 aromatic rings. The quantitative estimate of drug-likeness (QED) is 0.167. The van der Waals surface area contributed by atoms with E-state index in [9.17, 15) is 0 Å². The van der Waals surface area contributed by atoms with Crippen LogP contribution in [0.5, 0.6) is 0 Å². The van der Waals surface area contributed by atoms with E-state index in [4.69, 9.17) is 19.5 Å². The maximum atomic E-state index is 8.86. The molecule has 0 N–H and O–H groups in total. The molecule has 4 aromatic carbocycles. The van der Waals surface area contributed by atoms with Gasteiger partial charge in [0.15, 0.2) is 0 Å². The summed E-state index contributed by atoms with van der Waals surface area (Å²) in [6.07, 6.45) is 2.63. The van der Waals surface area contributed by atoms with Crippen LogP contribution >= 0.6 is 0 Å². The Morgan fingerprint density at radius 2 is 1.60 bits per heavy atom. The minimum absolute atomic E-state index is 0. The van der Waals surface area contributed by atoms with Crippen molar-refractivity contribution in [2.45, 2.75) is 60.5 Å². The first-order chi connectivity index (χ1) is 27.0. The van der Waals surface area contributed by atoms with Crippen LogP contribution in [0.15, 0.2) is 102 Å². The molecule has 3 nitrogen and oxygen atoms in total. The molecule has 3 aromatic heterocycles. The van der Waals surface area contributed by atoms with Crippen molar-refractivity contribution in [3.05, 3.63) is 143 Å². The molecule has 3 heterocycles. The number of aromatic nitrogens is 2. The Hall–Kier alpha value is -4.37. The predicted octanol–water partition coefficient (Wildman–Crippen LogP) is 11.3. The number of fused-ring (bicyclic) bond motifs is 6. The van der Waals surface area contributed by atoms with Crippen molar-refractivity contribution < 1.29 is 39.6 Å². The summed E-state index contributed by atoms with van der Waals surface area (Å²) in [6.45, 7) is -1.54. The van der Waals surface area contributed by atoms with Gasteiger partial charge in [0.1, 0.15) is 5.58 Å². The van der Waals surface area contributed by atoms with E-state index in [-0.39, 0.29) is 42.4 Å². The SMILES string of the molecule is [2H]C([2H])([2H])c1c[c-]c(-c2ccc(C([2H])([2H])[2H])cn2)cc1.[2H]C([2H])([2H])c1cnc(-c2[c-]ccc3c2oc2cc4c(cc23)CCc2ccccc2-4)cc1C([2H])([2H])C(C)(C)C.[Ir]. The van der Waals surface area contributed by atoms with Crippen LogP contribution in [0.3, 0.4) is 0 Å². The van der Waals surface area contributed by atoms with Gasteiger partial charge in [-0.2, -0.15) is 0 Å². The third-order valence-corrected chi connectivity index (χ3v) is 8.15. The molecule has 4 heteroatoms. The third-order valence-electron chi connectivity index (χ3n) is 8.15. The van der Waals surface area contributed by atoms with Crippen molar-refractivity contribution in [3.8, 4) is 33.6 Å². The van der Waals surface area contributed by atoms with Crippen LogP contribution in [0.25, 0.3) is 55.6 Å². The Bertz CT molecular complexity index is 2580. The Morgan fingerprint density at radius 3 is 2.35 bits per heavy atom. The van der Waals surface area contributed by atoms with Crippen molar-refractivity contribution >= 4 is 21.9 Å². The standard InChI is InChI=1S/C31H28NO.C13H12N.Ir/c1-19-18-32-28(15-22(19)17-31(2,3)4)25-11-7-10-24-27-14-21-13-12-20-8-5-6-9-23(20)26(21)16-29(27)33-30(24)25;1-10-3-6-12(7-4-10)13-8-5-11(2)9-14-13;/h5-10,14-16,18H,12-13,17H2,1-4H3;3-6,8-9H,1-2H3;/q2*-1;/i1D3,17D2;1D3,2D3;. The molecule has 0 fully saturated rings. The molecule has 0 spiro atoms. The molecular weight excluding hydrogens is 765 g/mol. The number of pyridine rings is 2. The summed E-state index contributed by atoms with van der Waals surface area (Å²) in [5.74, 6) is 0. The number of rotatable bonds is 3. The molecule has 0 aliphatic heterocycles. The van der Waals surface area contributed by atoms with E-state index in [1.807, 2.05) is 12.1 Å². The molecule has 0 atom stereocenters. The molecule has 1 radical (unpaired) electrons. The van der Waals surface area contributed by atoms with Crippen LogP contribution in [0.4, 0.5) is 0 Å². The molecule has 1 aliphatic rings. The smallest absolute Gasteiger partial charge is 0.121 e. The Morgan fingerprint density at radius 1 is 0.792 bits per heavy atom. The fourth-order valence-corrected chi connectivity index (χ4v) is 5.99. The number of nitrogens with zero attached hydrogens (tertiary/aromatic N) is 2. The minimum atomic E-state index is -2.50. The number of benzene rings is 4. The van der Waals surface area contributed by atoms with Gasteiger partial charge in [0.05, 0.1) is 5.58 Å². The minimum Gasteiger partial charge on any atom is -0.501 e. The zero-order valence-corrected chi connectivity index (χ0v) is 29.2. The maximum absolute atomic E-state index is 8.86. The maximum Gasteiger partial charge on any atom is 0.121 e. The molecule has 0 bridgehead atoms. The van der Waals surface area contributed by atoms with Gasteiger partial charge in [-0.1, -0.05) is 86.6 Å².